The fourth-order valence-electron chi connectivity index (χ4n) is 1.40. The van der Waals surface area contributed by atoms with Crippen LogP contribution in [0.2, 0.25) is 0 Å². The van der Waals surface area contributed by atoms with Gasteiger partial charge in [0, 0.05) is 38.7 Å². The largest absolute Gasteiger partial charge is 0.385 e. The van der Waals surface area contributed by atoms with Crippen LogP contribution in [0.25, 0.3) is 0 Å². The van der Waals surface area contributed by atoms with Crippen molar-refractivity contribution in [2.45, 2.75) is 32.9 Å². The SMILES string of the molecule is CCn1ccnc(NC(C)CCOC)c1=O. The number of methoxy groups -OCH3 is 1. The van der Waals surface area contributed by atoms with Gasteiger partial charge in [0.25, 0.3) is 5.56 Å². The molecule has 0 saturated heterocycles. The second-order valence-corrected chi connectivity index (χ2v) is 3.69. The van der Waals surface area contributed by atoms with Gasteiger partial charge in [0.05, 0.1) is 0 Å². The highest BCUT2D eigenvalue weighted by Gasteiger charge is 2.07. The van der Waals surface area contributed by atoms with Gasteiger partial charge in [-0.1, -0.05) is 0 Å². The van der Waals surface area contributed by atoms with Crippen molar-refractivity contribution in [3.05, 3.63) is 22.7 Å². The zero-order valence-electron chi connectivity index (χ0n) is 10.1. The summed E-state index contributed by atoms with van der Waals surface area (Å²) in [7, 11) is 1.66. The third-order valence-corrected chi connectivity index (χ3v) is 2.39. The summed E-state index contributed by atoms with van der Waals surface area (Å²) >= 11 is 0. The number of aryl methyl sites for hydroxylation is 1. The second kappa shape index (κ2) is 6.27. The lowest BCUT2D eigenvalue weighted by molar-refractivity contribution is 0.191. The van der Waals surface area contributed by atoms with Crippen molar-refractivity contribution in [2.75, 3.05) is 19.0 Å². The first kappa shape index (κ1) is 12.7. The summed E-state index contributed by atoms with van der Waals surface area (Å²) in [6, 6.07) is 0.174. The van der Waals surface area contributed by atoms with Gasteiger partial charge in [-0.05, 0) is 20.3 Å². The topological polar surface area (TPSA) is 56.1 Å². The number of nitrogens with one attached hydrogen (secondary N) is 1. The maximum atomic E-state index is 11.8. The van der Waals surface area contributed by atoms with E-state index in [4.69, 9.17) is 4.74 Å². The minimum atomic E-state index is -0.0748. The summed E-state index contributed by atoms with van der Waals surface area (Å²) in [6.07, 6.45) is 4.17. The van der Waals surface area contributed by atoms with E-state index in [0.29, 0.717) is 19.0 Å². The van der Waals surface area contributed by atoms with Gasteiger partial charge in [-0.2, -0.15) is 0 Å². The van der Waals surface area contributed by atoms with E-state index >= 15 is 0 Å². The molecule has 0 aliphatic carbocycles. The number of nitrogens with zero attached hydrogens (tertiary/aromatic N) is 2. The maximum Gasteiger partial charge on any atom is 0.293 e. The van der Waals surface area contributed by atoms with Gasteiger partial charge < -0.3 is 14.6 Å². The first-order valence-electron chi connectivity index (χ1n) is 5.50. The molecular formula is C11H19N3O2. The average molecular weight is 225 g/mol. The van der Waals surface area contributed by atoms with E-state index in [0.717, 1.165) is 6.42 Å². The Morgan fingerprint density at radius 2 is 2.38 bits per heavy atom. The maximum absolute atomic E-state index is 11.8. The van der Waals surface area contributed by atoms with Crippen molar-refractivity contribution < 1.29 is 4.74 Å². The van der Waals surface area contributed by atoms with E-state index in [1.165, 1.54) is 0 Å². The zero-order chi connectivity index (χ0) is 12.0. The molecule has 0 fully saturated rings. The highest BCUT2D eigenvalue weighted by atomic mass is 16.5. The molecule has 1 aromatic heterocycles. The first-order valence-corrected chi connectivity index (χ1v) is 5.50. The molecule has 5 nitrogen and oxygen atoms in total. The van der Waals surface area contributed by atoms with Gasteiger partial charge in [-0.15, -0.1) is 0 Å². The van der Waals surface area contributed by atoms with Gasteiger partial charge in [0.2, 0.25) is 0 Å². The van der Waals surface area contributed by atoms with Crippen LogP contribution in [0.4, 0.5) is 5.82 Å². The molecule has 5 heteroatoms. The molecule has 1 aromatic rings. The number of hydrogen-bond donors (Lipinski definition) is 1. The lowest BCUT2D eigenvalue weighted by Gasteiger charge is -2.14. The summed E-state index contributed by atoms with van der Waals surface area (Å²) in [6.45, 7) is 5.26. The van der Waals surface area contributed by atoms with Crippen LogP contribution in [0.1, 0.15) is 20.3 Å². The number of hydrogen-bond acceptors (Lipinski definition) is 4. The predicted octanol–water partition coefficient (Wildman–Crippen LogP) is 1.10. The van der Waals surface area contributed by atoms with Gasteiger partial charge in [0.1, 0.15) is 0 Å². The molecule has 0 amide bonds. The Labute approximate surface area is 95.5 Å². The van der Waals surface area contributed by atoms with Gasteiger partial charge in [-0.3, -0.25) is 4.79 Å². The van der Waals surface area contributed by atoms with Crippen molar-refractivity contribution in [3.63, 3.8) is 0 Å². The second-order valence-electron chi connectivity index (χ2n) is 3.69. The van der Waals surface area contributed by atoms with Crippen molar-refractivity contribution >= 4 is 5.82 Å². The molecule has 0 saturated carbocycles. The van der Waals surface area contributed by atoms with Gasteiger partial charge >= 0.3 is 0 Å². The van der Waals surface area contributed by atoms with E-state index < -0.39 is 0 Å². The zero-order valence-corrected chi connectivity index (χ0v) is 10.1. The smallest absolute Gasteiger partial charge is 0.293 e. The molecule has 0 aromatic carbocycles. The molecule has 0 aliphatic heterocycles. The van der Waals surface area contributed by atoms with Crippen LogP contribution in [0, 0.1) is 0 Å². The molecule has 1 heterocycles. The quantitative estimate of drug-likeness (QED) is 0.787. The first-order chi connectivity index (χ1) is 7.69. The fraction of sp³-hybridized carbons (Fsp3) is 0.636. The summed E-state index contributed by atoms with van der Waals surface area (Å²) in [4.78, 5) is 15.9. The molecule has 0 radical (unpaired) electrons. The highest BCUT2D eigenvalue weighted by molar-refractivity contribution is 5.31. The van der Waals surface area contributed by atoms with Crippen LogP contribution in [-0.2, 0) is 11.3 Å². The van der Waals surface area contributed by atoms with Crippen LogP contribution in [0.15, 0.2) is 17.2 Å². The van der Waals surface area contributed by atoms with Crippen LogP contribution in [-0.4, -0.2) is 29.3 Å². The Hall–Kier alpha value is -1.36. The Bertz CT molecular complexity index is 376. The van der Waals surface area contributed by atoms with Crippen LogP contribution in [0.5, 0.6) is 0 Å². The fourth-order valence-corrected chi connectivity index (χ4v) is 1.40. The van der Waals surface area contributed by atoms with E-state index in [1.54, 1.807) is 24.1 Å². The molecule has 16 heavy (non-hydrogen) atoms. The van der Waals surface area contributed by atoms with Crippen molar-refractivity contribution in [2.24, 2.45) is 0 Å². The summed E-state index contributed by atoms with van der Waals surface area (Å²) in [5.74, 6) is 0.410. The third kappa shape index (κ3) is 3.34. The Morgan fingerprint density at radius 3 is 3.00 bits per heavy atom. The lowest BCUT2D eigenvalue weighted by Crippen LogP contribution is -2.28. The molecule has 0 spiro atoms. The third-order valence-electron chi connectivity index (χ3n) is 2.39. The number of aromatic nitrogens is 2. The summed E-state index contributed by atoms with van der Waals surface area (Å²) in [5.41, 5.74) is -0.0748. The molecule has 0 bridgehead atoms. The molecule has 90 valence electrons. The average Bonchev–Trinajstić information content (AvgIpc) is 2.29. The predicted molar refractivity (Wildman–Crippen MR) is 63.7 cm³/mol. The van der Waals surface area contributed by atoms with Gasteiger partial charge in [0.15, 0.2) is 5.82 Å². The number of ether oxygens (including phenoxy) is 1. The van der Waals surface area contributed by atoms with Crippen molar-refractivity contribution in [3.8, 4) is 0 Å². The summed E-state index contributed by atoms with van der Waals surface area (Å²) < 4.78 is 6.60. The molecule has 1 atom stereocenters. The normalized spacial score (nSPS) is 12.4. The van der Waals surface area contributed by atoms with Crippen LogP contribution >= 0.6 is 0 Å². The van der Waals surface area contributed by atoms with Crippen molar-refractivity contribution in [1.29, 1.82) is 0 Å². The Morgan fingerprint density at radius 1 is 1.62 bits per heavy atom. The van der Waals surface area contributed by atoms with E-state index in [-0.39, 0.29) is 11.6 Å². The van der Waals surface area contributed by atoms with E-state index in [2.05, 4.69) is 10.3 Å². The standard InChI is InChI=1S/C11H19N3O2/c1-4-14-7-6-12-10(11(14)15)13-9(2)5-8-16-3/h6-7,9H,4-5,8H2,1-3H3,(H,12,13). The molecule has 1 rings (SSSR count). The molecule has 1 N–H and O–H groups in total. The molecular weight excluding hydrogens is 206 g/mol. The van der Waals surface area contributed by atoms with E-state index in [9.17, 15) is 4.79 Å². The highest BCUT2D eigenvalue weighted by Crippen LogP contribution is 2.00. The molecule has 0 aliphatic rings. The Balaban J connectivity index is 2.70. The summed E-state index contributed by atoms with van der Waals surface area (Å²) in [5, 5.41) is 3.10. The van der Waals surface area contributed by atoms with Crippen LogP contribution < -0.4 is 10.9 Å². The number of anilines is 1. The Kier molecular flexibility index (Phi) is 4.98. The minimum Gasteiger partial charge on any atom is -0.385 e. The molecule has 1 unspecified atom stereocenters. The van der Waals surface area contributed by atoms with Gasteiger partial charge in [-0.25, -0.2) is 4.98 Å². The van der Waals surface area contributed by atoms with Crippen LogP contribution in [0.3, 0.4) is 0 Å². The monoisotopic (exact) mass is 225 g/mol. The number of rotatable bonds is 6. The lowest BCUT2D eigenvalue weighted by atomic mass is 10.2. The minimum absolute atomic E-state index is 0.0748. The van der Waals surface area contributed by atoms with Crippen molar-refractivity contribution in [1.82, 2.24) is 9.55 Å². The van der Waals surface area contributed by atoms with E-state index in [1.807, 2.05) is 13.8 Å².